The quantitative estimate of drug-likeness (QED) is 0.503. The lowest BCUT2D eigenvalue weighted by Gasteiger charge is -2.09. The third-order valence-electron chi connectivity index (χ3n) is 3.68. The van der Waals surface area contributed by atoms with E-state index in [9.17, 15) is 9.59 Å². The monoisotopic (exact) mass is 451 g/mol. The van der Waals surface area contributed by atoms with Crippen LogP contribution in [-0.4, -0.2) is 21.3 Å². The van der Waals surface area contributed by atoms with Crippen molar-refractivity contribution in [1.29, 1.82) is 0 Å². The van der Waals surface area contributed by atoms with Gasteiger partial charge in [0.15, 0.2) is 0 Å². The Morgan fingerprint density at radius 3 is 2.79 bits per heavy atom. The predicted octanol–water partition coefficient (Wildman–Crippen LogP) is 3.84. The molecule has 11 heteroatoms. The van der Waals surface area contributed by atoms with E-state index < -0.39 is 11.9 Å². The first kappa shape index (κ1) is 20.8. The Bertz CT molecular complexity index is 1030. The van der Waals surface area contributed by atoms with Gasteiger partial charge in [0.1, 0.15) is 17.2 Å². The lowest BCUT2D eigenvalue weighted by molar-refractivity contribution is 0.0996. The molecule has 0 unspecified atom stereocenters. The molecule has 1 aromatic carbocycles. The highest BCUT2D eigenvalue weighted by Gasteiger charge is 2.22. The molecule has 2 heterocycles. The van der Waals surface area contributed by atoms with Crippen molar-refractivity contribution in [2.75, 3.05) is 5.32 Å². The molecule has 3 rings (SSSR count). The van der Waals surface area contributed by atoms with Crippen molar-refractivity contribution in [2.24, 2.45) is 5.73 Å². The van der Waals surface area contributed by atoms with Crippen LogP contribution in [0.5, 0.6) is 5.88 Å². The molecular weight excluding hydrogens is 437 g/mol. The van der Waals surface area contributed by atoms with Crippen LogP contribution in [-0.2, 0) is 13.2 Å². The highest BCUT2D eigenvalue weighted by Crippen LogP contribution is 2.30. The van der Waals surface area contributed by atoms with E-state index in [0.29, 0.717) is 15.6 Å². The van der Waals surface area contributed by atoms with Gasteiger partial charge in [-0.25, -0.2) is 4.79 Å². The van der Waals surface area contributed by atoms with Gasteiger partial charge < -0.3 is 15.8 Å². The van der Waals surface area contributed by atoms with Crippen molar-refractivity contribution in [1.82, 2.24) is 14.7 Å². The number of hydrogen-bond donors (Lipinski definition) is 3. The van der Waals surface area contributed by atoms with Crippen LogP contribution in [0.4, 0.5) is 9.80 Å². The topological polar surface area (TPSA) is 119 Å². The van der Waals surface area contributed by atoms with E-state index in [1.54, 1.807) is 36.7 Å². The van der Waals surface area contributed by atoms with Gasteiger partial charge in [-0.3, -0.25) is 15.1 Å². The fourth-order valence-electron chi connectivity index (χ4n) is 2.31. The number of halogens is 2. The predicted molar refractivity (Wildman–Crippen MR) is 112 cm³/mol. The molecule has 3 amide bonds. The van der Waals surface area contributed by atoms with Crippen LogP contribution in [0.15, 0.2) is 42.7 Å². The number of nitrogens with two attached hydrogens (primary N) is 1. The molecule has 150 valence electrons. The van der Waals surface area contributed by atoms with Crippen LogP contribution in [0.2, 0.25) is 10.0 Å². The summed E-state index contributed by atoms with van der Waals surface area (Å²) in [5.41, 5.74) is 6.87. The van der Waals surface area contributed by atoms with Crippen molar-refractivity contribution in [2.45, 2.75) is 13.2 Å². The Morgan fingerprint density at radius 2 is 2.07 bits per heavy atom. The third-order valence-corrected chi connectivity index (χ3v) is 5.03. The molecule has 0 radical (unpaired) electrons. The fourth-order valence-corrected chi connectivity index (χ4v) is 3.43. The Kier molecular flexibility index (Phi) is 6.86. The van der Waals surface area contributed by atoms with Gasteiger partial charge in [0.25, 0.3) is 5.91 Å². The number of benzene rings is 1. The van der Waals surface area contributed by atoms with E-state index in [4.69, 9.17) is 33.7 Å². The Hall–Kier alpha value is -2.88. The van der Waals surface area contributed by atoms with Gasteiger partial charge in [-0.1, -0.05) is 29.3 Å². The molecule has 0 aliphatic heterocycles. The highest BCUT2D eigenvalue weighted by atomic mass is 35.5. The number of carbonyl (C=O) groups excluding carboxylic acids is 2. The van der Waals surface area contributed by atoms with Crippen molar-refractivity contribution in [3.63, 3.8) is 0 Å². The maximum absolute atomic E-state index is 12.2. The van der Waals surface area contributed by atoms with Gasteiger partial charge in [0.2, 0.25) is 5.88 Å². The number of nitrogens with zero attached hydrogens (tertiary/aromatic N) is 2. The normalized spacial score (nSPS) is 10.4. The highest BCUT2D eigenvalue weighted by molar-refractivity contribution is 7.11. The molecule has 8 nitrogen and oxygen atoms in total. The van der Waals surface area contributed by atoms with Crippen LogP contribution in [0.1, 0.15) is 21.5 Å². The number of carbonyl (C=O) groups is 2. The SMILES string of the molecule is NC(=O)c1c(OCc2cccnc2)nsc1NC(=O)NCc1cc(Cl)ccc1Cl. The number of rotatable bonds is 7. The molecule has 0 aliphatic carbocycles. The molecule has 0 spiro atoms. The number of pyridine rings is 1. The molecule has 0 atom stereocenters. The summed E-state index contributed by atoms with van der Waals surface area (Å²) >= 11 is 12.9. The van der Waals surface area contributed by atoms with Gasteiger partial charge in [-0.05, 0) is 41.4 Å². The largest absolute Gasteiger partial charge is 0.472 e. The van der Waals surface area contributed by atoms with Crippen LogP contribution in [0.3, 0.4) is 0 Å². The number of amides is 3. The van der Waals surface area contributed by atoms with Crippen molar-refractivity contribution in [3.05, 3.63) is 69.5 Å². The summed E-state index contributed by atoms with van der Waals surface area (Å²) in [4.78, 5) is 28.1. The van der Waals surface area contributed by atoms with Gasteiger partial charge in [0.05, 0.1) is 0 Å². The minimum Gasteiger partial charge on any atom is -0.472 e. The second kappa shape index (κ2) is 9.55. The first-order valence-electron chi connectivity index (χ1n) is 8.24. The Morgan fingerprint density at radius 1 is 1.24 bits per heavy atom. The molecule has 3 aromatic rings. The van der Waals surface area contributed by atoms with E-state index >= 15 is 0 Å². The fraction of sp³-hybridized carbons (Fsp3) is 0.111. The maximum atomic E-state index is 12.2. The average molecular weight is 452 g/mol. The second-order valence-electron chi connectivity index (χ2n) is 5.75. The summed E-state index contributed by atoms with van der Waals surface area (Å²) in [5, 5.41) is 6.33. The van der Waals surface area contributed by atoms with Crippen LogP contribution in [0, 0.1) is 0 Å². The van der Waals surface area contributed by atoms with Gasteiger partial charge >= 0.3 is 6.03 Å². The van der Waals surface area contributed by atoms with Gasteiger partial charge in [-0.2, -0.15) is 4.37 Å². The summed E-state index contributed by atoms with van der Waals surface area (Å²) in [7, 11) is 0. The molecule has 4 N–H and O–H groups in total. The zero-order valence-corrected chi connectivity index (χ0v) is 17.1. The molecule has 0 saturated carbocycles. The minimum absolute atomic E-state index is 0.00479. The van der Waals surface area contributed by atoms with Gasteiger partial charge in [-0.15, -0.1) is 0 Å². The minimum atomic E-state index is -0.770. The van der Waals surface area contributed by atoms with E-state index in [-0.39, 0.29) is 29.6 Å². The number of primary amides is 1. The second-order valence-corrected chi connectivity index (χ2v) is 7.37. The molecule has 0 fully saturated rings. The number of urea groups is 1. The lowest BCUT2D eigenvalue weighted by Crippen LogP contribution is -2.29. The first-order valence-corrected chi connectivity index (χ1v) is 9.77. The summed E-state index contributed by atoms with van der Waals surface area (Å²) < 4.78 is 9.63. The number of ether oxygens (including phenoxy) is 1. The van der Waals surface area contributed by atoms with E-state index in [0.717, 1.165) is 17.1 Å². The maximum Gasteiger partial charge on any atom is 0.320 e. The van der Waals surface area contributed by atoms with Crippen molar-refractivity contribution >= 4 is 51.7 Å². The standard InChI is InChI=1S/C18H15Cl2N5O3S/c19-12-3-4-13(20)11(6-12)8-23-18(27)24-17-14(15(21)26)16(25-29-17)28-9-10-2-1-5-22-7-10/h1-7H,8-9H2,(H2,21,26)(H2,23,24,27). The zero-order chi connectivity index (χ0) is 20.8. The van der Waals surface area contributed by atoms with E-state index in [2.05, 4.69) is 20.0 Å². The van der Waals surface area contributed by atoms with Crippen molar-refractivity contribution < 1.29 is 14.3 Å². The number of nitrogens with one attached hydrogen (secondary N) is 2. The van der Waals surface area contributed by atoms with Gasteiger partial charge in [0, 0.05) is 34.5 Å². The summed E-state index contributed by atoms with van der Waals surface area (Å²) in [6.07, 6.45) is 3.27. The molecule has 2 aromatic heterocycles. The lowest BCUT2D eigenvalue weighted by atomic mass is 10.2. The molecule has 0 saturated heterocycles. The average Bonchev–Trinajstić information content (AvgIpc) is 3.10. The molecule has 29 heavy (non-hydrogen) atoms. The smallest absolute Gasteiger partial charge is 0.320 e. The molecule has 0 bridgehead atoms. The summed E-state index contributed by atoms with van der Waals surface area (Å²) in [5.74, 6) is -0.729. The Labute approximate surface area is 180 Å². The van der Waals surface area contributed by atoms with Crippen LogP contribution < -0.4 is 21.1 Å². The van der Waals surface area contributed by atoms with Crippen LogP contribution >= 0.6 is 34.7 Å². The first-order chi connectivity index (χ1) is 13.9. The molecular formula is C18H15Cl2N5O3S. The Balaban J connectivity index is 1.65. The van der Waals surface area contributed by atoms with E-state index in [1.807, 2.05) is 6.07 Å². The number of anilines is 1. The third kappa shape index (κ3) is 5.57. The van der Waals surface area contributed by atoms with Crippen LogP contribution in [0.25, 0.3) is 0 Å². The summed E-state index contributed by atoms with van der Waals surface area (Å²) in [6, 6.07) is 7.95. The number of aromatic nitrogens is 2. The van der Waals surface area contributed by atoms with E-state index in [1.165, 1.54) is 0 Å². The zero-order valence-electron chi connectivity index (χ0n) is 14.8. The number of hydrogen-bond acceptors (Lipinski definition) is 6. The summed E-state index contributed by atoms with van der Waals surface area (Å²) in [6.45, 7) is 0.289. The molecule has 0 aliphatic rings. The van der Waals surface area contributed by atoms with Crippen molar-refractivity contribution in [3.8, 4) is 5.88 Å².